The Kier molecular flexibility index (Phi) is 14.4. The molecule has 0 saturated heterocycles. The zero-order valence-corrected chi connectivity index (χ0v) is 53.2. The quantitative estimate of drug-likeness (QED) is 0.115. The van der Waals surface area contributed by atoms with E-state index in [0.29, 0.717) is 5.82 Å². The average molecular weight is 1250 g/mol. The van der Waals surface area contributed by atoms with Crippen molar-refractivity contribution in [1.29, 1.82) is 0 Å². The highest BCUT2D eigenvalue weighted by Gasteiger charge is 2.21. The van der Waals surface area contributed by atoms with E-state index in [1.54, 1.807) is 0 Å². The first-order valence-corrected chi connectivity index (χ1v) is 33.1. The molecule has 12 aromatic carbocycles. The van der Waals surface area contributed by atoms with Crippen LogP contribution in [0.25, 0.3) is 178 Å². The van der Waals surface area contributed by atoms with Gasteiger partial charge < -0.3 is 0 Å². The Hall–Kier alpha value is -13.2. The zero-order chi connectivity index (χ0) is 64.9. The molecule has 0 atom stereocenters. The Morgan fingerprint density at radius 1 is 0.173 bits per heavy atom. The third-order valence-corrected chi connectivity index (χ3v) is 18.8. The van der Waals surface area contributed by atoms with Crippen LogP contribution in [0.5, 0.6) is 0 Å². The SMILES string of the molecule is c1ccc(-c2ccc3c(c2)c2cc(-c4ccccc4)ccc2n3-c2ccc(-c3cc(-c4cccc(-c5cccc(-c6ccc7c(c6)c6cc(-c8ccccc8)ccc6n7-c6ccc(-c7cc(-c8ccccc8)nc(-c8ccccc8)c7)cn6)c5)c4)nc(-c4ccccc4)n3)cn2)cc1. The molecule has 18 aromatic rings. The van der Waals surface area contributed by atoms with E-state index in [1.165, 1.54) is 38.6 Å². The van der Waals surface area contributed by atoms with E-state index in [4.69, 9.17) is 24.9 Å². The average Bonchev–Trinajstić information content (AvgIpc) is 1.59. The van der Waals surface area contributed by atoms with Crippen molar-refractivity contribution in [2.24, 2.45) is 0 Å². The van der Waals surface area contributed by atoms with Gasteiger partial charge in [0.25, 0.3) is 0 Å². The topological polar surface area (TPSA) is 74.3 Å². The fourth-order valence-electron chi connectivity index (χ4n) is 13.9. The van der Waals surface area contributed by atoms with E-state index in [1.807, 2.05) is 42.7 Å². The maximum Gasteiger partial charge on any atom is 0.160 e. The number of benzene rings is 12. The van der Waals surface area contributed by atoms with Crippen molar-refractivity contribution in [3.63, 3.8) is 0 Å². The highest BCUT2D eigenvalue weighted by molar-refractivity contribution is 6.13. The molecule has 0 aliphatic carbocycles. The van der Waals surface area contributed by atoms with Gasteiger partial charge in [-0.1, -0.05) is 243 Å². The van der Waals surface area contributed by atoms with Crippen molar-refractivity contribution in [2.75, 3.05) is 0 Å². The largest absolute Gasteiger partial charge is 0.294 e. The van der Waals surface area contributed by atoms with Crippen molar-refractivity contribution in [3.8, 4) is 135 Å². The first-order chi connectivity index (χ1) is 48.5. The van der Waals surface area contributed by atoms with Crippen molar-refractivity contribution in [2.45, 2.75) is 0 Å². The Labute approximate surface area is 567 Å². The lowest BCUT2D eigenvalue weighted by atomic mass is 9.96. The van der Waals surface area contributed by atoms with Crippen LogP contribution in [0.15, 0.2) is 358 Å². The molecule has 18 rings (SSSR count). The first kappa shape index (κ1) is 57.4. The second-order valence-electron chi connectivity index (χ2n) is 24.9. The molecule has 458 valence electrons. The molecule has 6 heterocycles. The summed E-state index contributed by atoms with van der Waals surface area (Å²) in [7, 11) is 0. The molecular weight excluding hydrogens is 1190 g/mol. The Balaban J connectivity index is 0.689. The molecule has 6 aromatic heterocycles. The van der Waals surface area contributed by atoms with Gasteiger partial charge in [0.15, 0.2) is 5.82 Å². The van der Waals surface area contributed by atoms with Crippen molar-refractivity contribution in [3.05, 3.63) is 358 Å². The maximum absolute atomic E-state index is 5.29. The van der Waals surface area contributed by atoms with E-state index in [2.05, 4.69) is 325 Å². The molecule has 0 aliphatic rings. The summed E-state index contributed by atoms with van der Waals surface area (Å²) in [4.78, 5) is 26.2. The van der Waals surface area contributed by atoms with Gasteiger partial charge in [-0.2, -0.15) is 0 Å². The van der Waals surface area contributed by atoms with Crippen LogP contribution in [0.2, 0.25) is 0 Å². The summed E-state index contributed by atoms with van der Waals surface area (Å²) >= 11 is 0. The number of rotatable bonds is 13. The van der Waals surface area contributed by atoms with Crippen LogP contribution >= 0.6 is 0 Å². The highest BCUT2D eigenvalue weighted by Crippen LogP contribution is 2.42. The first-order valence-electron chi connectivity index (χ1n) is 33.1. The van der Waals surface area contributed by atoms with Crippen LogP contribution in [-0.2, 0) is 0 Å². The summed E-state index contributed by atoms with van der Waals surface area (Å²) < 4.78 is 4.58. The minimum atomic E-state index is 0.640. The normalized spacial score (nSPS) is 11.5. The lowest BCUT2D eigenvalue weighted by Gasteiger charge is -2.12. The van der Waals surface area contributed by atoms with E-state index in [-0.39, 0.29) is 0 Å². The summed E-state index contributed by atoms with van der Waals surface area (Å²) in [6, 6.07) is 123. The lowest BCUT2D eigenvalue weighted by Crippen LogP contribution is -1.99. The summed E-state index contributed by atoms with van der Waals surface area (Å²) in [6.07, 6.45) is 3.95. The predicted octanol–water partition coefficient (Wildman–Crippen LogP) is 23.2. The molecule has 0 radical (unpaired) electrons. The van der Waals surface area contributed by atoms with Gasteiger partial charge in [-0.05, 0) is 164 Å². The molecule has 0 aliphatic heterocycles. The van der Waals surface area contributed by atoms with E-state index < -0.39 is 0 Å². The fourth-order valence-corrected chi connectivity index (χ4v) is 13.9. The van der Waals surface area contributed by atoms with Crippen LogP contribution in [0, 0.1) is 0 Å². The number of hydrogen-bond acceptors (Lipinski definition) is 5. The number of aromatic nitrogens is 7. The van der Waals surface area contributed by atoms with Gasteiger partial charge in [0.05, 0.1) is 44.8 Å². The van der Waals surface area contributed by atoms with Crippen molar-refractivity contribution >= 4 is 43.6 Å². The van der Waals surface area contributed by atoms with Gasteiger partial charge in [0.1, 0.15) is 11.6 Å². The van der Waals surface area contributed by atoms with Crippen molar-refractivity contribution in [1.82, 2.24) is 34.1 Å². The molecular formula is C91H59N7. The lowest BCUT2D eigenvalue weighted by molar-refractivity contribution is 1.08. The highest BCUT2D eigenvalue weighted by atomic mass is 15.1. The molecule has 0 saturated carbocycles. The molecule has 0 bridgehead atoms. The molecule has 0 N–H and O–H groups in total. The third kappa shape index (κ3) is 10.8. The monoisotopic (exact) mass is 1250 g/mol. The molecule has 0 unspecified atom stereocenters. The van der Waals surface area contributed by atoms with Gasteiger partial charge in [-0.25, -0.2) is 24.9 Å². The standard InChI is InChI=1S/C91H59N7/c1-7-21-60(22-8-1)69-37-43-85-77(51-69)78-52-70(61-23-9-2-10-24-61)38-44-86(78)98(85)90-48-42-75(59-93-90)84-57-83(95-91(96-84)65-31-17-6-18-32-65)73-36-20-35-68(50-73)66-33-19-34-67(49-66)72-40-46-88-80(54-72)79-53-71(62-25-11-3-12-26-62)39-45-87(79)97(88)89-47-41-74(58-92-89)76-55-81(63-27-13-4-14-28-63)94-82(56-76)64-29-15-5-16-30-64/h1-59H. The van der Waals surface area contributed by atoms with Gasteiger partial charge >= 0.3 is 0 Å². The summed E-state index contributed by atoms with van der Waals surface area (Å²) in [5.74, 6) is 2.30. The zero-order valence-electron chi connectivity index (χ0n) is 53.2. The molecule has 0 amide bonds. The van der Waals surface area contributed by atoms with Gasteiger partial charge in [0, 0.05) is 67.3 Å². The third-order valence-electron chi connectivity index (χ3n) is 18.8. The Bertz CT molecular complexity index is 5840. The minimum Gasteiger partial charge on any atom is -0.294 e. The van der Waals surface area contributed by atoms with Gasteiger partial charge in [-0.3, -0.25) is 9.13 Å². The summed E-state index contributed by atoms with van der Waals surface area (Å²) in [5.41, 5.74) is 26.2. The Morgan fingerprint density at radius 2 is 0.469 bits per heavy atom. The minimum absolute atomic E-state index is 0.640. The number of hydrogen-bond donors (Lipinski definition) is 0. The molecule has 7 heteroatoms. The van der Waals surface area contributed by atoms with E-state index in [9.17, 15) is 0 Å². The summed E-state index contributed by atoms with van der Waals surface area (Å²) in [5, 5.41) is 4.63. The fraction of sp³-hybridized carbons (Fsp3) is 0. The van der Waals surface area contributed by atoms with Gasteiger partial charge in [0.2, 0.25) is 0 Å². The van der Waals surface area contributed by atoms with Gasteiger partial charge in [-0.15, -0.1) is 0 Å². The molecule has 98 heavy (non-hydrogen) atoms. The predicted molar refractivity (Wildman–Crippen MR) is 404 cm³/mol. The second-order valence-corrected chi connectivity index (χ2v) is 24.9. The van der Waals surface area contributed by atoms with Crippen LogP contribution < -0.4 is 0 Å². The number of nitrogens with zero attached hydrogens (tertiary/aromatic N) is 7. The van der Waals surface area contributed by atoms with E-state index in [0.717, 1.165) is 134 Å². The smallest absolute Gasteiger partial charge is 0.160 e. The maximum atomic E-state index is 5.29. The second kappa shape index (κ2) is 24.6. The molecule has 7 nitrogen and oxygen atoms in total. The number of fused-ring (bicyclic) bond motifs is 6. The van der Waals surface area contributed by atoms with Crippen LogP contribution in [0.4, 0.5) is 0 Å². The van der Waals surface area contributed by atoms with Crippen molar-refractivity contribution < 1.29 is 0 Å². The number of pyridine rings is 3. The summed E-state index contributed by atoms with van der Waals surface area (Å²) in [6.45, 7) is 0. The van der Waals surface area contributed by atoms with Crippen LogP contribution in [0.3, 0.4) is 0 Å². The van der Waals surface area contributed by atoms with E-state index >= 15 is 0 Å². The van der Waals surface area contributed by atoms with Crippen LogP contribution in [-0.4, -0.2) is 34.1 Å². The molecule has 0 fully saturated rings. The van der Waals surface area contributed by atoms with Crippen LogP contribution in [0.1, 0.15) is 0 Å². The molecule has 0 spiro atoms. The Morgan fingerprint density at radius 3 is 0.857 bits per heavy atom.